The van der Waals surface area contributed by atoms with Gasteiger partial charge in [0.2, 0.25) is 0 Å². The van der Waals surface area contributed by atoms with Crippen molar-refractivity contribution >= 4 is 0 Å². The average molecular weight is 305 g/mol. The van der Waals surface area contributed by atoms with Crippen molar-refractivity contribution < 1.29 is 4.74 Å². The zero-order chi connectivity index (χ0) is 15.2. The van der Waals surface area contributed by atoms with Crippen molar-refractivity contribution in [2.45, 2.75) is 45.1 Å². The molecule has 3 heterocycles. The van der Waals surface area contributed by atoms with Crippen LogP contribution in [0.1, 0.15) is 39.0 Å². The first-order valence-corrected chi connectivity index (χ1v) is 9.10. The Balaban J connectivity index is 1.62. The minimum atomic E-state index is 0.569. The Kier molecular flexibility index (Phi) is 5.79. The lowest BCUT2D eigenvalue weighted by Gasteiger charge is -2.31. The van der Waals surface area contributed by atoms with Crippen molar-refractivity contribution in [3.63, 3.8) is 0 Å². The third-order valence-electron chi connectivity index (χ3n) is 5.25. The van der Waals surface area contributed by atoms with Crippen LogP contribution in [0.15, 0.2) is 23.6 Å². The minimum Gasteiger partial charge on any atom is -0.490 e. The van der Waals surface area contributed by atoms with E-state index in [1.54, 1.807) is 0 Å². The fraction of sp³-hybridized carbons (Fsp3) is 0.778. The van der Waals surface area contributed by atoms with Crippen LogP contribution < -0.4 is 10.6 Å². The number of nitrogens with one attached hydrogen (secondary N) is 2. The molecule has 3 aliphatic heterocycles. The number of allylic oxidation sites excluding steroid dienone is 2. The summed E-state index contributed by atoms with van der Waals surface area (Å²) in [7, 11) is 0. The van der Waals surface area contributed by atoms with E-state index in [1.807, 2.05) is 0 Å². The zero-order valence-electron chi connectivity index (χ0n) is 13.9. The van der Waals surface area contributed by atoms with Gasteiger partial charge in [0, 0.05) is 18.5 Å². The van der Waals surface area contributed by atoms with E-state index in [-0.39, 0.29) is 0 Å². The molecule has 0 unspecified atom stereocenters. The number of nitrogens with zero attached hydrogens (tertiary/aromatic N) is 1. The van der Waals surface area contributed by atoms with Crippen LogP contribution in [0.2, 0.25) is 0 Å². The predicted octanol–water partition coefficient (Wildman–Crippen LogP) is 2.25. The molecule has 0 bridgehead atoms. The van der Waals surface area contributed by atoms with Crippen LogP contribution in [0, 0.1) is 5.92 Å². The van der Waals surface area contributed by atoms with Gasteiger partial charge in [0.25, 0.3) is 0 Å². The summed E-state index contributed by atoms with van der Waals surface area (Å²) in [5.41, 5.74) is 1.35. The van der Waals surface area contributed by atoms with E-state index >= 15 is 0 Å². The lowest BCUT2D eigenvalue weighted by molar-refractivity contribution is 0.112. The van der Waals surface area contributed by atoms with E-state index < -0.39 is 0 Å². The first kappa shape index (κ1) is 15.9. The van der Waals surface area contributed by atoms with Gasteiger partial charge >= 0.3 is 0 Å². The molecule has 0 aliphatic carbocycles. The molecular formula is C18H31N3O. The number of likely N-dealkylation sites (tertiary alicyclic amines) is 1. The summed E-state index contributed by atoms with van der Waals surface area (Å²) in [4.78, 5) is 2.60. The van der Waals surface area contributed by atoms with E-state index in [1.165, 1.54) is 50.9 Å². The molecule has 0 aromatic heterocycles. The Morgan fingerprint density at radius 1 is 1.27 bits per heavy atom. The smallest absolute Gasteiger partial charge is 0.138 e. The standard InChI is InChI=1S/C18H31N3O/c1-2-16(21-12-3-4-13-21)14-22-17-6-5-9-20-18(17)15-7-10-19-11-8-15/h5-6,15-16,19-20H,2-4,7-14H2,1H3/t16-/m1/s1. The molecule has 22 heavy (non-hydrogen) atoms. The largest absolute Gasteiger partial charge is 0.490 e. The average Bonchev–Trinajstić information content (AvgIpc) is 3.11. The Bertz CT molecular complexity index is 407. The van der Waals surface area contributed by atoms with Crippen LogP contribution in [0.5, 0.6) is 0 Å². The lowest BCUT2D eigenvalue weighted by Crippen LogP contribution is -2.37. The fourth-order valence-electron chi connectivity index (χ4n) is 3.87. The highest BCUT2D eigenvalue weighted by Crippen LogP contribution is 2.26. The second-order valence-corrected chi connectivity index (χ2v) is 6.70. The fourth-order valence-corrected chi connectivity index (χ4v) is 3.87. The number of hydrogen-bond donors (Lipinski definition) is 2. The van der Waals surface area contributed by atoms with Gasteiger partial charge in [-0.15, -0.1) is 0 Å². The van der Waals surface area contributed by atoms with E-state index in [9.17, 15) is 0 Å². The van der Waals surface area contributed by atoms with Crippen molar-refractivity contribution in [2.75, 3.05) is 39.3 Å². The third kappa shape index (κ3) is 3.85. The summed E-state index contributed by atoms with van der Waals surface area (Å²) in [6, 6.07) is 0.569. The van der Waals surface area contributed by atoms with Crippen LogP contribution in [0.25, 0.3) is 0 Å². The van der Waals surface area contributed by atoms with Gasteiger partial charge in [-0.05, 0) is 64.4 Å². The number of ether oxygens (including phenoxy) is 1. The maximum atomic E-state index is 6.28. The lowest BCUT2D eigenvalue weighted by atomic mass is 9.92. The molecule has 2 N–H and O–H groups in total. The summed E-state index contributed by atoms with van der Waals surface area (Å²) in [5.74, 6) is 1.73. The zero-order valence-corrected chi connectivity index (χ0v) is 13.9. The van der Waals surface area contributed by atoms with Gasteiger partial charge in [0.15, 0.2) is 0 Å². The molecule has 0 aromatic rings. The molecule has 0 amide bonds. The Hall–Kier alpha value is -1.00. The Morgan fingerprint density at radius 2 is 2.05 bits per heavy atom. The van der Waals surface area contributed by atoms with Gasteiger partial charge in [0.1, 0.15) is 12.4 Å². The summed E-state index contributed by atoms with van der Waals surface area (Å²) in [6.45, 7) is 8.79. The predicted molar refractivity (Wildman–Crippen MR) is 90.6 cm³/mol. The molecule has 124 valence electrons. The van der Waals surface area contributed by atoms with Gasteiger partial charge in [-0.1, -0.05) is 13.0 Å². The molecule has 2 saturated heterocycles. The molecule has 4 heteroatoms. The second kappa shape index (κ2) is 8.02. The number of rotatable bonds is 6. The normalized spacial score (nSPS) is 25.3. The molecule has 0 aromatic carbocycles. The van der Waals surface area contributed by atoms with Crippen molar-refractivity contribution in [3.8, 4) is 0 Å². The summed E-state index contributed by atoms with van der Waals surface area (Å²) in [6.07, 6.45) is 10.7. The molecule has 4 nitrogen and oxygen atoms in total. The number of piperidine rings is 1. The van der Waals surface area contributed by atoms with Crippen LogP contribution in [0.3, 0.4) is 0 Å². The number of dihydropyridines is 1. The van der Waals surface area contributed by atoms with E-state index in [0.717, 1.165) is 32.0 Å². The molecule has 2 fully saturated rings. The SMILES string of the molecule is CC[C@H](COC1=C(C2CCNCC2)NCC=C1)N1CCCC1. The first-order chi connectivity index (χ1) is 10.9. The van der Waals surface area contributed by atoms with Gasteiger partial charge in [-0.2, -0.15) is 0 Å². The molecule has 0 radical (unpaired) electrons. The van der Waals surface area contributed by atoms with Crippen LogP contribution in [-0.2, 0) is 4.74 Å². The van der Waals surface area contributed by atoms with Crippen LogP contribution in [-0.4, -0.2) is 50.3 Å². The highest BCUT2D eigenvalue weighted by molar-refractivity contribution is 5.26. The van der Waals surface area contributed by atoms with E-state index in [2.05, 4.69) is 34.6 Å². The minimum absolute atomic E-state index is 0.569. The molecule has 3 aliphatic rings. The molecule has 0 spiro atoms. The van der Waals surface area contributed by atoms with Gasteiger partial charge in [-0.3, -0.25) is 4.90 Å². The monoisotopic (exact) mass is 305 g/mol. The highest BCUT2D eigenvalue weighted by atomic mass is 16.5. The van der Waals surface area contributed by atoms with Gasteiger partial charge in [-0.25, -0.2) is 0 Å². The Morgan fingerprint density at radius 3 is 2.77 bits per heavy atom. The van der Waals surface area contributed by atoms with Crippen molar-refractivity contribution in [1.29, 1.82) is 0 Å². The topological polar surface area (TPSA) is 36.5 Å². The van der Waals surface area contributed by atoms with Crippen molar-refractivity contribution in [2.24, 2.45) is 5.92 Å². The Labute approximate surface area is 135 Å². The molecule has 1 atom stereocenters. The van der Waals surface area contributed by atoms with Crippen LogP contribution >= 0.6 is 0 Å². The van der Waals surface area contributed by atoms with Crippen molar-refractivity contribution in [1.82, 2.24) is 15.5 Å². The van der Waals surface area contributed by atoms with Gasteiger partial charge in [0.05, 0.1) is 5.70 Å². The molecular weight excluding hydrogens is 274 g/mol. The maximum absolute atomic E-state index is 6.28. The highest BCUT2D eigenvalue weighted by Gasteiger charge is 2.24. The molecule has 0 saturated carbocycles. The van der Waals surface area contributed by atoms with E-state index in [0.29, 0.717) is 12.0 Å². The summed E-state index contributed by atoms with van der Waals surface area (Å²) < 4.78 is 6.28. The van der Waals surface area contributed by atoms with Crippen LogP contribution in [0.4, 0.5) is 0 Å². The third-order valence-corrected chi connectivity index (χ3v) is 5.25. The summed E-state index contributed by atoms with van der Waals surface area (Å²) in [5, 5.41) is 7.03. The first-order valence-electron chi connectivity index (χ1n) is 9.10. The van der Waals surface area contributed by atoms with Gasteiger partial charge < -0.3 is 15.4 Å². The summed E-state index contributed by atoms with van der Waals surface area (Å²) >= 11 is 0. The quantitative estimate of drug-likeness (QED) is 0.789. The second-order valence-electron chi connectivity index (χ2n) is 6.70. The van der Waals surface area contributed by atoms with E-state index in [4.69, 9.17) is 4.74 Å². The number of hydrogen-bond acceptors (Lipinski definition) is 4. The molecule has 3 rings (SSSR count). The van der Waals surface area contributed by atoms with Crippen molar-refractivity contribution in [3.05, 3.63) is 23.6 Å². The maximum Gasteiger partial charge on any atom is 0.138 e.